The van der Waals surface area contributed by atoms with Gasteiger partial charge in [-0.2, -0.15) is 0 Å². The average Bonchev–Trinajstić information content (AvgIpc) is 2.92. The van der Waals surface area contributed by atoms with Crippen LogP contribution in [0.5, 0.6) is 0 Å². The van der Waals surface area contributed by atoms with Crippen LogP contribution in [0.2, 0.25) is 0 Å². The molecule has 4 atom stereocenters. The quantitative estimate of drug-likeness (QED) is 0.787. The zero-order valence-corrected chi connectivity index (χ0v) is 10.6. The number of fused-ring (bicyclic) bond motifs is 1. The highest BCUT2D eigenvalue weighted by molar-refractivity contribution is 4.91. The molecule has 3 aliphatic rings. The van der Waals surface area contributed by atoms with Crippen molar-refractivity contribution >= 4 is 0 Å². The molecule has 2 heteroatoms. The Bertz CT molecular complexity index is 229. The minimum atomic E-state index is 0.806. The first-order valence-electron chi connectivity index (χ1n) is 7.26. The van der Waals surface area contributed by atoms with Gasteiger partial charge in [0.15, 0.2) is 0 Å². The van der Waals surface area contributed by atoms with Crippen molar-refractivity contribution in [1.82, 2.24) is 10.2 Å². The molecule has 2 saturated carbocycles. The largest absolute Gasteiger partial charge is 0.317 e. The van der Waals surface area contributed by atoms with Crippen molar-refractivity contribution in [1.29, 1.82) is 0 Å². The molecule has 1 aliphatic heterocycles. The molecule has 0 aromatic rings. The predicted octanol–water partition coefficient (Wildman–Crippen LogP) is 2.11. The van der Waals surface area contributed by atoms with Gasteiger partial charge < -0.3 is 10.2 Å². The fourth-order valence-corrected chi connectivity index (χ4v) is 4.45. The molecule has 0 aromatic heterocycles. The summed E-state index contributed by atoms with van der Waals surface area (Å²) in [5.41, 5.74) is 0. The molecule has 2 aliphatic carbocycles. The zero-order chi connectivity index (χ0) is 11.0. The molecule has 16 heavy (non-hydrogen) atoms. The second kappa shape index (κ2) is 4.66. The van der Waals surface area contributed by atoms with Crippen LogP contribution < -0.4 is 5.32 Å². The SMILES string of the molecule is CNC1CCCC1CN1CC2CCCC2C1. The van der Waals surface area contributed by atoms with E-state index in [1.165, 1.54) is 58.2 Å². The van der Waals surface area contributed by atoms with E-state index in [1.54, 1.807) is 0 Å². The molecule has 1 N–H and O–H groups in total. The first-order chi connectivity index (χ1) is 7.86. The van der Waals surface area contributed by atoms with Crippen LogP contribution in [0.4, 0.5) is 0 Å². The van der Waals surface area contributed by atoms with Gasteiger partial charge in [0.25, 0.3) is 0 Å². The van der Waals surface area contributed by atoms with Crippen LogP contribution in [0, 0.1) is 17.8 Å². The van der Waals surface area contributed by atoms with Crippen molar-refractivity contribution in [3.05, 3.63) is 0 Å². The van der Waals surface area contributed by atoms with E-state index in [1.807, 2.05) is 0 Å². The third kappa shape index (κ3) is 2.02. The van der Waals surface area contributed by atoms with Gasteiger partial charge in [-0.15, -0.1) is 0 Å². The molecular weight excluding hydrogens is 196 g/mol. The predicted molar refractivity (Wildman–Crippen MR) is 67.5 cm³/mol. The Morgan fingerprint density at radius 2 is 1.69 bits per heavy atom. The fraction of sp³-hybridized carbons (Fsp3) is 1.00. The van der Waals surface area contributed by atoms with E-state index in [4.69, 9.17) is 0 Å². The Hall–Kier alpha value is -0.0800. The molecule has 2 nitrogen and oxygen atoms in total. The van der Waals surface area contributed by atoms with Crippen molar-refractivity contribution in [3.8, 4) is 0 Å². The second-order valence-corrected chi connectivity index (χ2v) is 6.26. The maximum absolute atomic E-state index is 3.51. The molecule has 1 saturated heterocycles. The minimum Gasteiger partial charge on any atom is -0.317 e. The van der Waals surface area contributed by atoms with Crippen LogP contribution in [0.15, 0.2) is 0 Å². The molecule has 0 bridgehead atoms. The number of likely N-dealkylation sites (tertiary alicyclic amines) is 1. The summed E-state index contributed by atoms with van der Waals surface area (Å²) in [6.07, 6.45) is 8.84. The van der Waals surface area contributed by atoms with Crippen molar-refractivity contribution in [2.24, 2.45) is 17.8 Å². The molecule has 0 aromatic carbocycles. The average molecular weight is 222 g/mol. The number of hydrogen-bond donors (Lipinski definition) is 1. The van der Waals surface area contributed by atoms with Crippen LogP contribution in [0.1, 0.15) is 38.5 Å². The smallest absolute Gasteiger partial charge is 0.0104 e. The monoisotopic (exact) mass is 222 g/mol. The first kappa shape index (κ1) is 11.0. The molecular formula is C14H26N2. The molecule has 0 amide bonds. The van der Waals surface area contributed by atoms with Gasteiger partial charge >= 0.3 is 0 Å². The van der Waals surface area contributed by atoms with Crippen molar-refractivity contribution in [3.63, 3.8) is 0 Å². The summed E-state index contributed by atoms with van der Waals surface area (Å²) in [6.45, 7) is 4.20. The molecule has 92 valence electrons. The highest BCUT2D eigenvalue weighted by Gasteiger charge is 2.37. The van der Waals surface area contributed by atoms with E-state index in [0.29, 0.717) is 0 Å². The molecule has 0 radical (unpaired) electrons. The van der Waals surface area contributed by atoms with Crippen LogP contribution in [0.3, 0.4) is 0 Å². The lowest BCUT2D eigenvalue weighted by Gasteiger charge is -2.25. The van der Waals surface area contributed by atoms with Crippen molar-refractivity contribution < 1.29 is 0 Å². The van der Waals surface area contributed by atoms with Crippen LogP contribution >= 0.6 is 0 Å². The lowest BCUT2D eigenvalue weighted by atomic mass is 10.0. The van der Waals surface area contributed by atoms with E-state index in [2.05, 4.69) is 17.3 Å². The summed E-state index contributed by atoms with van der Waals surface area (Å²) in [5, 5.41) is 3.51. The van der Waals surface area contributed by atoms with Gasteiger partial charge in [-0.3, -0.25) is 0 Å². The van der Waals surface area contributed by atoms with Gasteiger partial charge in [0.2, 0.25) is 0 Å². The Balaban J connectivity index is 1.52. The molecule has 3 fully saturated rings. The Kier molecular flexibility index (Phi) is 3.21. The van der Waals surface area contributed by atoms with Gasteiger partial charge in [-0.05, 0) is 50.5 Å². The third-order valence-electron chi connectivity index (χ3n) is 5.32. The topological polar surface area (TPSA) is 15.3 Å². The van der Waals surface area contributed by atoms with Crippen LogP contribution in [-0.2, 0) is 0 Å². The maximum atomic E-state index is 3.51. The third-order valence-corrected chi connectivity index (χ3v) is 5.32. The van der Waals surface area contributed by atoms with E-state index >= 15 is 0 Å². The van der Waals surface area contributed by atoms with Crippen LogP contribution in [-0.4, -0.2) is 37.6 Å². The van der Waals surface area contributed by atoms with E-state index < -0.39 is 0 Å². The zero-order valence-electron chi connectivity index (χ0n) is 10.6. The number of nitrogens with zero attached hydrogens (tertiary/aromatic N) is 1. The summed E-state index contributed by atoms with van der Waals surface area (Å²) in [7, 11) is 2.14. The Morgan fingerprint density at radius 3 is 2.38 bits per heavy atom. The van der Waals surface area contributed by atoms with Gasteiger partial charge in [-0.1, -0.05) is 12.8 Å². The standard InChI is InChI=1S/C14H26N2/c1-15-14-7-3-6-13(14)10-16-8-11-4-2-5-12(11)9-16/h11-15H,2-10H2,1H3. The minimum absolute atomic E-state index is 0.806. The fourth-order valence-electron chi connectivity index (χ4n) is 4.45. The lowest BCUT2D eigenvalue weighted by molar-refractivity contribution is 0.241. The van der Waals surface area contributed by atoms with Crippen molar-refractivity contribution in [2.75, 3.05) is 26.7 Å². The summed E-state index contributed by atoms with van der Waals surface area (Å²) in [5.74, 6) is 3.06. The lowest BCUT2D eigenvalue weighted by Crippen LogP contribution is -2.37. The molecule has 1 heterocycles. The van der Waals surface area contributed by atoms with Crippen molar-refractivity contribution in [2.45, 2.75) is 44.6 Å². The van der Waals surface area contributed by atoms with E-state index in [-0.39, 0.29) is 0 Å². The Morgan fingerprint density at radius 1 is 1.00 bits per heavy atom. The highest BCUT2D eigenvalue weighted by Crippen LogP contribution is 2.38. The Labute approximate surface area is 99.8 Å². The van der Waals surface area contributed by atoms with Gasteiger partial charge in [0.05, 0.1) is 0 Å². The van der Waals surface area contributed by atoms with Gasteiger partial charge in [0.1, 0.15) is 0 Å². The molecule has 4 unspecified atom stereocenters. The van der Waals surface area contributed by atoms with Gasteiger partial charge in [-0.25, -0.2) is 0 Å². The number of rotatable bonds is 3. The maximum Gasteiger partial charge on any atom is 0.0104 e. The second-order valence-electron chi connectivity index (χ2n) is 6.26. The molecule has 0 spiro atoms. The summed E-state index contributed by atoms with van der Waals surface area (Å²) in [6, 6.07) is 0.806. The summed E-state index contributed by atoms with van der Waals surface area (Å²) >= 11 is 0. The number of hydrogen-bond acceptors (Lipinski definition) is 2. The van der Waals surface area contributed by atoms with E-state index in [0.717, 1.165) is 23.8 Å². The van der Waals surface area contributed by atoms with Gasteiger partial charge in [0, 0.05) is 25.7 Å². The van der Waals surface area contributed by atoms with Crippen LogP contribution in [0.25, 0.3) is 0 Å². The summed E-state index contributed by atoms with van der Waals surface area (Å²) in [4.78, 5) is 2.77. The summed E-state index contributed by atoms with van der Waals surface area (Å²) < 4.78 is 0. The van der Waals surface area contributed by atoms with E-state index in [9.17, 15) is 0 Å². The normalized spacial score (nSPS) is 44.1. The first-order valence-corrected chi connectivity index (χ1v) is 7.26. The highest BCUT2D eigenvalue weighted by atomic mass is 15.2. The number of nitrogens with one attached hydrogen (secondary N) is 1. The molecule has 3 rings (SSSR count).